The molecule has 1 aromatic carbocycles. The average Bonchev–Trinajstić information content (AvgIpc) is 2.60. The van der Waals surface area contributed by atoms with Gasteiger partial charge >= 0.3 is 17.8 Å². The minimum atomic E-state index is -1.08. The molecule has 2 rings (SSSR count). The maximum atomic E-state index is 12.9. The molecule has 110 valence electrons. The Hall–Kier alpha value is -2.97. The second-order valence-corrected chi connectivity index (χ2v) is 4.32. The summed E-state index contributed by atoms with van der Waals surface area (Å²) in [6.07, 6.45) is 0. The molecule has 0 atom stereocenters. The molecule has 1 fully saturated rings. The first-order valence-electron chi connectivity index (χ1n) is 5.79. The van der Waals surface area contributed by atoms with E-state index in [0.29, 0.717) is 9.80 Å². The SMILES string of the molecule is CN1C(=O)C(=O)N(CC(=O)Nc2ccc(F)cc2N)C1=O. The number of nitrogens with two attached hydrogens (primary N) is 1. The van der Waals surface area contributed by atoms with Crippen molar-refractivity contribution in [1.29, 1.82) is 0 Å². The first-order chi connectivity index (χ1) is 9.81. The standard InChI is InChI=1S/C12H11FN4O4/c1-16-10(19)11(20)17(12(16)21)5-9(18)15-8-3-2-6(13)4-7(8)14/h2-4H,5,14H2,1H3,(H,15,18). The smallest absolute Gasteiger partial charge is 0.334 e. The van der Waals surface area contributed by atoms with Crippen molar-refractivity contribution in [2.24, 2.45) is 0 Å². The van der Waals surface area contributed by atoms with Gasteiger partial charge in [0.15, 0.2) is 0 Å². The van der Waals surface area contributed by atoms with E-state index in [1.165, 1.54) is 6.07 Å². The highest BCUT2D eigenvalue weighted by molar-refractivity contribution is 6.44. The third-order valence-corrected chi connectivity index (χ3v) is 2.84. The number of amides is 5. The Labute approximate surface area is 118 Å². The van der Waals surface area contributed by atoms with Crippen LogP contribution in [0.2, 0.25) is 0 Å². The molecule has 0 aromatic heterocycles. The van der Waals surface area contributed by atoms with Crippen molar-refractivity contribution >= 4 is 35.1 Å². The number of rotatable bonds is 3. The highest BCUT2D eigenvalue weighted by Gasteiger charge is 2.42. The van der Waals surface area contributed by atoms with Gasteiger partial charge in [0.25, 0.3) is 0 Å². The second-order valence-electron chi connectivity index (χ2n) is 4.32. The molecule has 1 heterocycles. The van der Waals surface area contributed by atoms with Gasteiger partial charge in [-0.3, -0.25) is 19.3 Å². The van der Waals surface area contributed by atoms with E-state index in [1.54, 1.807) is 0 Å². The largest absolute Gasteiger partial charge is 0.397 e. The number of halogens is 1. The van der Waals surface area contributed by atoms with Crippen molar-refractivity contribution in [2.75, 3.05) is 24.6 Å². The van der Waals surface area contributed by atoms with Crippen molar-refractivity contribution < 1.29 is 23.6 Å². The Morgan fingerprint density at radius 2 is 1.95 bits per heavy atom. The number of urea groups is 1. The predicted molar refractivity (Wildman–Crippen MR) is 69.3 cm³/mol. The Bertz CT molecular complexity index is 661. The third-order valence-electron chi connectivity index (χ3n) is 2.84. The molecule has 8 nitrogen and oxygen atoms in total. The lowest BCUT2D eigenvalue weighted by atomic mass is 10.2. The summed E-state index contributed by atoms with van der Waals surface area (Å²) in [4.78, 5) is 47.2. The molecular formula is C12H11FN4O4. The van der Waals surface area contributed by atoms with Gasteiger partial charge in [0.2, 0.25) is 5.91 Å². The van der Waals surface area contributed by atoms with Gasteiger partial charge in [0.1, 0.15) is 12.4 Å². The number of nitrogens with zero attached hydrogens (tertiary/aromatic N) is 2. The van der Waals surface area contributed by atoms with E-state index in [4.69, 9.17) is 5.73 Å². The van der Waals surface area contributed by atoms with Crippen molar-refractivity contribution in [3.05, 3.63) is 24.0 Å². The minimum absolute atomic E-state index is 0.00406. The van der Waals surface area contributed by atoms with Crippen molar-refractivity contribution in [2.45, 2.75) is 0 Å². The fourth-order valence-electron chi connectivity index (χ4n) is 1.73. The topological polar surface area (TPSA) is 113 Å². The molecule has 1 aliphatic heterocycles. The Kier molecular flexibility index (Phi) is 3.57. The number of likely N-dealkylation sites (N-methyl/N-ethyl adjacent to an activating group) is 1. The number of nitrogen functional groups attached to an aromatic ring is 1. The van der Waals surface area contributed by atoms with Gasteiger partial charge in [-0.15, -0.1) is 0 Å². The monoisotopic (exact) mass is 294 g/mol. The van der Waals surface area contributed by atoms with Crippen LogP contribution in [0.3, 0.4) is 0 Å². The van der Waals surface area contributed by atoms with Crippen molar-refractivity contribution in [3.63, 3.8) is 0 Å². The molecule has 5 amide bonds. The number of hydrogen-bond donors (Lipinski definition) is 2. The van der Waals surface area contributed by atoms with Gasteiger partial charge in [-0.05, 0) is 18.2 Å². The third kappa shape index (κ3) is 2.66. The van der Waals surface area contributed by atoms with E-state index in [2.05, 4.69) is 5.32 Å². The van der Waals surface area contributed by atoms with E-state index < -0.39 is 36.1 Å². The van der Waals surface area contributed by atoms with Gasteiger partial charge in [-0.25, -0.2) is 14.1 Å². The summed E-state index contributed by atoms with van der Waals surface area (Å²) in [6.45, 7) is -0.634. The molecule has 0 bridgehead atoms. The van der Waals surface area contributed by atoms with E-state index in [0.717, 1.165) is 19.2 Å². The van der Waals surface area contributed by atoms with Crippen LogP contribution in [0, 0.1) is 5.82 Å². The normalized spacial score (nSPS) is 14.9. The van der Waals surface area contributed by atoms with Crippen molar-refractivity contribution in [3.8, 4) is 0 Å². The Balaban J connectivity index is 2.07. The van der Waals surface area contributed by atoms with Crippen LogP contribution in [0.5, 0.6) is 0 Å². The van der Waals surface area contributed by atoms with E-state index in [1.807, 2.05) is 0 Å². The van der Waals surface area contributed by atoms with Crippen molar-refractivity contribution in [1.82, 2.24) is 9.80 Å². The summed E-state index contributed by atoms with van der Waals surface area (Å²) in [6, 6.07) is 2.47. The van der Waals surface area contributed by atoms with Crippen LogP contribution < -0.4 is 11.1 Å². The number of carbonyl (C=O) groups is 4. The summed E-state index contributed by atoms with van der Waals surface area (Å²) in [7, 11) is 1.14. The Morgan fingerprint density at radius 3 is 2.48 bits per heavy atom. The number of nitrogens with one attached hydrogen (secondary N) is 1. The minimum Gasteiger partial charge on any atom is -0.397 e. The first-order valence-corrected chi connectivity index (χ1v) is 5.79. The van der Waals surface area contributed by atoms with Gasteiger partial charge in [-0.2, -0.15) is 0 Å². The van der Waals surface area contributed by atoms with Crippen LogP contribution in [0.25, 0.3) is 0 Å². The van der Waals surface area contributed by atoms with Crippen LogP contribution in [-0.2, 0) is 14.4 Å². The summed E-state index contributed by atoms with van der Waals surface area (Å²) in [5.41, 5.74) is 5.65. The lowest BCUT2D eigenvalue weighted by Crippen LogP contribution is -2.38. The number of benzene rings is 1. The highest BCUT2D eigenvalue weighted by atomic mass is 19.1. The lowest BCUT2D eigenvalue weighted by molar-refractivity contribution is -0.143. The summed E-state index contributed by atoms with van der Waals surface area (Å²) in [5.74, 6) is -3.39. The molecule has 0 unspecified atom stereocenters. The van der Waals surface area contributed by atoms with Crippen LogP contribution in [0.15, 0.2) is 18.2 Å². The molecule has 0 aliphatic carbocycles. The zero-order chi connectivity index (χ0) is 15.7. The molecule has 1 aromatic rings. The summed E-state index contributed by atoms with van der Waals surface area (Å²) >= 11 is 0. The number of hydrogen-bond acceptors (Lipinski definition) is 5. The number of anilines is 2. The van der Waals surface area contributed by atoms with Crippen LogP contribution in [0.4, 0.5) is 20.6 Å². The van der Waals surface area contributed by atoms with E-state index in [-0.39, 0.29) is 11.4 Å². The van der Waals surface area contributed by atoms with Gasteiger partial charge in [0.05, 0.1) is 11.4 Å². The molecule has 0 spiro atoms. The molecule has 0 saturated carbocycles. The van der Waals surface area contributed by atoms with Crippen LogP contribution in [0.1, 0.15) is 0 Å². The molecule has 0 radical (unpaired) electrons. The summed E-state index contributed by atoms with van der Waals surface area (Å²) in [5, 5.41) is 2.33. The fraction of sp³-hybridized carbons (Fsp3) is 0.167. The highest BCUT2D eigenvalue weighted by Crippen LogP contribution is 2.19. The molecule has 3 N–H and O–H groups in total. The van der Waals surface area contributed by atoms with Gasteiger partial charge in [0, 0.05) is 7.05 Å². The van der Waals surface area contributed by atoms with Gasteiger partial charge in [-0.1, -0.05) is 0 Å². The molecular weight excluding hydrogens is 283 g/mol. The quantitative estimate of drug-likeness (QED) is 0.454. The average molecular weight is 294 g/mol. The number of carbonyl (C=O) groups excluding carboxylic acids is 4. The lowest BCUT2D eigenvalue weighted by Gasteiger charge is -2.13. The predicted octanol–water partition coefficient (Wildman–Crippen LogP) is -0.233. The van der Waals surface area contributed by atoms with E-state index in [9.17, 15) is 23.6 Å². The van der Waals surface area contributed by atoms with Crippen LogP contribution >= 0.6 is 0 Å². The van der Waals surface area contributed by atoms with Gasteiger partial charge < -0.3 is 11.1 Å². The maximum Gasteiger partial charge on any atom is 0.334 e. The summed E-state index contributed by atoms with van der Waals surface area (Å²) < 4.78 is 12.9. The van der Waals surface area contributed by atoms with Crippen LogP contribution in [-0.4, -0.2) is 47.1 Å². The Morgan fingerprint density at radius 1 is 1.29 bits per heavy atom. The van der Waals surface area contributed by atoms with E-state index >= 15 is 0 Å². The molecule has 21 heavy (non-hydrogen) atoms. The zero-order valence-electron chi connectivity index (χ0n) is 10.9. The fourth-order valence-corrected chi connectivity index (χ4v) is 1.73. The maximum absolute atomic E-state index is 12.9. The molecule has 1 saturated heterocycles. The molecule has 9 heteroatoms. The zero-order valence-corrected chi connectivity index (χ0v) is 10.9. The molecule has 1 aliphatic rings. The first kappa shape index (κ1) is 14.4. The number of imide groups is 2. The second kappa shape index (κ2) is 5.19.